The van der Waals surface area contributed by atoms with Gasteiger partial charge in [-0.25, -0.2) is 14.4 Å². The SMILES string of the molecule is Cl.Fc1ccc(-c2ncc3c(n2)CCCN3)cc1. The van der Waals surface area contributed by atoms with E-state index in [1.807, 2.05) is 0 Å². The minimum Gasteiger partial charge on any atom is -0.382 e. The topological polar surface area (TPSA) is 37.8 Å². The summed E-state index contributed by atoms with van der Waals surface area (Å²) in [5, 5.41) is 3.27. The molecule has 1 aliphatic rings. The molecule has 0 radical (unpaired) electrons. The van der Waals surface area contributed by atoms with Crippen LogP contribution >= 0.6 is 12.4 Å². The normalized spacial score (nSPS) is 13.2. The monoisotopic (exact) mass is 265 g/mol. The van der Waals surface area contributed by atoms with Crippen LogP contribution in [0.3, 0.4) is 0 Å². The molecular weight excluding hydrogens is 253 g/mol. The number of nitrogens with zero attached hydrogens (tertiary/aromatic N) is 2. The van der Waals surface area contributed by atoms with Crippen LogP contribution < -0.4 is 5.32 Å². The van der Waals surface area contributed by atoms with E-state index in [2.05, 4.69) is 15.3 Å². The number of halogens is 2. The van der Waals surface area contributed by atoms with E-state index in [1.165, 1.54) is 12.1 Å². The average Bonchev–Trinajstić information content (AvgIpc) is 2.39. The second-order valence-corrected chi connectivity index (χ2v) is 4.09. The van der Waals surface area contributed by atoms with Crippen molar-refractivity contribution < 1.29 is 4.39 Å². The molecule has 2 aromatic rings. The molecule has 0 aliphatic carbocycles. The predicted octanol–water partition coefficient (Wildman–Crippen LogP) is 3.06. The maximum atomic E-state index is 12.8. The van der Waals surface area contributed by atoms with Crippen LogP contribution in [-0.4, -0.2) is 16.5 Å². The molecule has 2 heterocycles. The van der Waals surface area contributed by atoms with Crippen LogP contribution in [0.25, 0.3) is 11.4 Å². The predicted molar refractivity (Wildman–Crippen MR) is 71.5 cm³/mol. The number of fused-ring (bicyclic) bond motifs is 1. The van der Waals surface area contributed by atoms with E-state index < -0.39 is 0 Å². The third kappa shape index (κ3) is 2.43. The fourth-order valence-electron chi connectivity index (χ4n) is 1.97. The highest BCUT2D eigenvalue weighted by molar-refractivity contribution is 5.85. The molecule has 94 valence electrons. The summed E-state index contributed by atoms with van der Waals surface area (Å²) < 4.78 is 12.8. The second kappa shape index (κ2) is 5.31. The van der Waals surface area contributed by atoms with Gasteiger partial charge in [0, 0.05) is 12.1 Å². The first-order valence-corrected chi connectivity index (χ1v) is 5.69. The van der Waals surface area contributed by atoms with Gasteiger partial charge in [0.15, 0.2) is 5.82 Å². The lowest BCUT2D eigenvalue weighted by Gasteiger charge is -2.16. The Morgan fingerprint density at radius 1 is 1.17 bits per heavy atom. The second-order valence-electron chi connectivity index (χ2n) is 4.09. The highest BCUT2D eigenvalue weighted by Crippen LogP contribution is 2.22. The number of aromatic nitrogens is 2. The minimum absolute atomic E-state index is 0. The van der Waals surface area contributed by atoms with Crippen LogP contribution in [0, 0.1) is 5.82 Å². The van der Waals surface area contributed by atoms with Gasteiger partial charge in [-0.3, -0.25) is 0 Å². The maximum Gasteiger partial charge on any atom is 0.159 e. The molecule has 1 N–H and O–H groups in total. The Labute approximate surface area is 111 Å². The minimum atomic E-state index is -0.242. The van der Waals surface area contributed by atoms with Crippen LogP contribution in [-0.2, 0) is 6.42 Å². The molecule has 18 heavy (non-hydrogen) atoms. The highest BCUT2D eigenvalue weighted by atomic mass is 35.5. The van der Waals surface area contributed by atoms with Crippen molar-refractivity contribution in [2.24, 2.45) is 0 Å². The van der Waals surface area contributed by atoms with Crippen molar-refractivity contribution in [2.45, 2.75) is 12.8 Å². The molecule has 3 nitrogen and oxygen atoms in total. The number of rotatable bonds is 1. The van der Waals surface area contributed by atoms with Gasteiger partial charge in [-0.1, -0.05) is 0 Å². The first kappa shape index (κ1) is 12.8. The zero-order valence-electron chi connectivity index (χ0n) is 9.69. The molecular formula is C13H13ClFN3. The summed E-state index contributed by atoms with van der Waals surface area (Å²) in [7, 11) is 0. The summed E-state index contributed by atoms with van der Waals surface area (Å²) in [6.07, 6.45) is 3.87. The van der Waals surface area contributed by atoms with Gasteiger partial charge in [-0.05, 0) is 37.1 Å². The Morgan fingerprint density at radius 3 is 2.72 bits per heavy atom. The zero-order valence-corrected chi connectivity index (χ0v) is 10.5. The third-order valence-electron chi connectivity index (χ3n) is 2.88. The molecule has 0 bridgehead atoms. The van der Waals surface area contributed by atoms with Crippen LogP contribution in [0.1, 0.15) is 12.1 Å². The third-order valence-corrected chi connectivity index (χ3v) is 2.88. The van der Waals surface area contributed by atoms with Crippen LogP contribution in [0.2, 0.25) is 0 Å². The Morgan fingerprint density at radius 2 is 1.94 bits per heavy atom. The molecule has 1 aromatic heterocycles. The average molecular weight is 266 g/mol. The first-order valence-electron chi connectivity index (χ1n) is 5.69. The van der Waals surface area contributed by atoms with Gasteiger partial charge >= 0.3 is 0 Å². The van der Waals surface area contributed by atoms with Gasteiger partial charge in [-0.2, -0.15) is 0 Å². The first-order chi connectivity index (χ1) is 8.33. The molecule has 0 spiro atoms. The van der Waals surface area contributed by atoms with Gasteiger partial charge in [-0.15, -0.1) is 12.4 Å². The van der Waals surface area contributed by atoms with Crippen LogP contribution in [0.4, 0.5) is 10.1 Å². The van der Waals surface area contributed by atoms with Gasteiger partial charge in [0.05, 0.1) is 17.6 Å². The lowest BCUT2D eigenvalue weighted by molar-refractivity contribution is 0.628. The Bertz CT molecular complexity index is 542. The van der Waals surface area contributed by atoms with Gasteiger partial charge in [0.2, 0.25) is 0 Å². The number of anilines is 1. The molecule has 1 aliphatic heterocycles. The van der Waals surface area contributed by atoms with Crippen molar-refractivity contribution >= 4 is 18.1 Å². The van der Waals surface area contributed by atoms with E-state index in [0.717, 1.165) is 36.3 Å². The number of hydrogen-bond acceptors (Lipinski definition) is 3. The van der Waals surface area contributed by atoms with Crippen molar-refractivity contribution in [3.8, 4) is 11.4 Å². The van der Waals surface area contributed by atoms with Crippen molar-refractivity contribution in [1.82, 2.24) is 9.97 Å². The van der Waals surface area contributed by atoms with Crippen molar-refractivity contribution in [1.29, 1.82) is 0 Å². The highest BCUT2D eigenvalue weighted by Gasteiger charge is 2.12. The lowest BCUT2D eigenvalue weighted by Crippen LogP contribution is -2.14. The Balaban J connectivity index is 0.00000120. The van der Waals surface area contributed by atoms with E-state index in [1.54, 1.807) is 18.3 Å². The van der Waals surface area contributed by atoms with E-state index >= 15 is 0 Å². The molecule has 0 amide bonds. The number of nitrogens with one attached hydrogen (secondary N) is 1. The summed E-state index contributed by atoms with van der Waals surface area (Å²) in [5.41, 5.74) is 2.91. The number of benzene rings is 1. The largest absolute Gasteiger partial charge is 0.382 e. The Kier molecular flexibility index (Phi) is 3.77. The van der Waals surface area contributed by atoms with Crippen LogP contribution in [0.5, 0.6) is 0 Å². The van der Waals surface area contributed by atoms with Gasteiger partial charge < -0.3 is 5.32 Å². The van der Waals surface area contributed by atoms with E-state index in [4.69, 9.17) is 0 Å². The van der Waals surface area contributed by atoms with Crippen molar-refractivity contribution in [3.63, 3.8) is 0 Å². The molecule has 0 fully saturated rings. The molecule has 0 atom stereocenters. The fraction of sp³-hybridized carbons (Fsp3) is 0.231. The molecule has 0 saturated heterocycles. The van der Waals surface area contributed by atoms with Crippen molar-refractivity contribution in [2.75, 3.05) is 11.9 Å². The number of aryl methyl sites for hydroxylation is 1. The molecule has 1 aromatic carbocycles. The van der Waals surface area contributed by atoms with E-state index in [0.29, 0.717) is 5.82 Å². The molecule has 0 saturated carbocycles. The van der Waals surface area contributed by atoms with E-state index in [9.17, 15) is 4.39 Å². The summed E-state index contributed by atoms with van der Waals surface area (Å²) in [6.45, 7) is 0.978. The summed E-state index contributed by atoms with van der Waals surface area (Å²) in [6, 6.07) is 6.26. The maximum absolute atomic E-state index is 12.8. The van der Waals surface area contributed by atoms with Crippen LogP contribution in [0.15, 0.2) is 30.5 Å². The smallest absolute Gasteiger partial charge is 0.159 e. The lowest BCUT2D eigenvalue weighted by atomic mass is 10.1. The zero-order chi connectivity index (χ0) is 11.7. The summed E-state index contributed by atoms with van der Waals surface area (Å²) in [5.74, 6) is 0.417. The molecule has 0 unspecified atom stereocenters. The van der Waals surface area contributed by atoms with E-state index in [-0.39, 0.29) is 18.2 Å². The van der Waals surface area contributed by atoms with Crippen molar-refractivity contribution in [3.05, 3.63) is 42.0 Å². The van der Waals surface area contributed by atoms with Gasteiger partial charge in [0.25, 0.3) is 0 Å². The standard InChI is InChI=1S/C13H12FN3.ClH/c14-10-5-3-9(4-6-10)13-16-8-12-11(17-13)2-1-7-15-12;/h3-6,8,15H,1-2,7H2;1H. The molecule has 3 rings (SSSR count). The number of hydrogen-bond donors (Lipinski definition) is 1. The Hall–Kier alpha value is -1.68. The fourth-order valence-corrected chi connectivity index (χ4v) is 1.97. The summed E-state index contributed by atoms with van der Waals surface area (Å²) in [4.78, 5) is 8.81. The quantitative estimate of drug-likeness (QED) is 0.861. The summed E-state index contributed by atoms with van der Waals surface area (Å²) >= 11 is 0. The van der Waals surface area contributed by atoms with Gasteiger partial charge in [0.1, 0.15) is 5.82 Å². The molecule has 5 heteroatoms.